The summed E-state index contributed by atoms with van der Waals surface area (Å²) in [6.45, 7) is 0.605. The molecule has 114 valence electrons. The molecule has 1 aromatic carbocycles. The number of para-hydroxylation sites is 1. The van der Waals surface area contributed by atoms with E-state index in [9.17, 15) is 8.78 Å². The number of rotatable bonds is 8. The fraction of sp³-hybridized carbons (Fsp3) is 0.429. The lowest BCUT2D eigenvalue weighted by Gasteiger charge is -2.18. The van der Waals surface area contributed by atoms with E-state index in [1.807, 2.05) is 6.92 Å². The van der Waals surface area contributed by atoms with Gasteiger partial charge in [0.25, 0.3) is 0 Å². The molecule has 0 aliphatic carbocycles. The van der Waals surface area contributed by atoms with Crippen LogP contribution in [-0.2, 0) is 6.54 Å². The van der Waals surface area contributed by atoms with Gasteiger partial charge in [-0.05, 0) is 26.0 Å². The SMILES string of the molecule is CC(NCCCn1ccnn1)c1ccccc1OC(F)F. The number of alkyl halides is 2. The van der Waals surface area contributed by atoms with Crippen LogP contribution in [0.1, 0.15) is 24.9 Å². The molecule has 1 atom stereocenters. The predicted octanol–water partition coefficient (Wildman–Crippen LogP) is 2.62. The Kier molecular flexibility index (Phi) is 5.62. The highest BCUT2D eigenvalue weighted by molar-refractivity contribution is 5.35. The van der Waals surface area contributed by atoms with E-state index in [-0.39, 0.29) is 11.8 Å². The Morgan fingerprint density at radius 3 is 2.86 bits per heavy atom. The molecule has 2 aromatic rings. The van der Waals surface area contributed by atoms with Gasteiger partial charge in [-0.1, -0.05) is 23.4 Å². The van der Waals surface area contributed by atoms with Gasteiger partial charge in [-0.25, -0.2) is 0 Å². The molecule has 21 heavy (non-hydrogen) atoms. The van der Waals surface area contributed by atoms with E-state index in [2.05, 4.69) is 20.4 Å². The standard InChI is InChI=1S/C14H18F2N4O/c1-11(17-7-4-9-20-10-8-18-19-20)12-5-2-3-6-13(12)21-14(15)16/h2-3,5-6,8,10-11,14,17H,4,7,9H2,1H3. The summed E-state index contributed by atoms with van der Waals surface area (Å²) in [5, 5.41) is 10.9. The molecule has 0 fully saturated rings. The summed E-state index contributed by atoms with van der Waals surface area (Å²) < 4.78 is 31.0. The number of benzene rings is 1. The molecule has 0 aliphatic rings. The van der Waals surface area contributed by atoms with Gasteiger partial charge in [0, 0.05) is 24.3 Å². The minimum atomic E-state index is -2.81. The van der Waals surface area contributed by atoms with Gasteiger partial charge in [0.05, 0.1) is 6.20 Å². The number of nitrogens with one attached hydrogen (secondary N) is 1. The third kappa shape index (κ3) is 4.78. The van der Waals surface area contributed by atoms with Crippen LogP contribution in [0, 0.1) is 0 Å². The summed E-state index contributed by atoms with van der Waals surface area (Å²) in [5.41, 5.74) is 0.721. The maximum absolute atomic E-state index is 12.4. The predicted molar refractivity (Wildman–Crippen MR) is 74.1 cm³/mol. The molecule has 0 saturated heterocycles. The minimum Gasteiger partial charge on any atom is -0.434 e. The van der Waals surface area contributed by atoms with Gasteiger partial charge in [-0.15, -0.1) is 5.10 Å². The van der Waals surface area contributed by atoms with Crippen molar-refractivity contribution < 1.29 is 13.5 Å². The molecule has 0 bridgehead atoms. The van der Waals surface area contributed by atoms with Gasteiger partial charge < -0.3 is 10.1 Å². The number of halogens is 2. The van der Waals surface area contributed by atoms with E-state index < -0.39 is 6.61 Å². The van der Waals surface area contributed by atoms with E-state index in [0.717, 1.165) is 25.1 Å². The third-order valence-electron chi connectivity index (χ3n) is 3.09. The highest BCUT2D eigenvalue weighted by atomic mass is 19.3. The van der Waals surface area contributed by atoms with E-state index in [0.29, 0.717) is 0 Å². The largest absolute Gasteiger partial charge is 0.434 e. The average Bonchev–Trinajstić information content (AvgIpc) is 2.96. The molecule has 0 aliphatic heterocycles. The first-order valence-corrected chi connectivity index (χ1v) is 6.78. The van der Waals surface area contributed by atoms with Gasteiger partial charge in [0.15, 0.2) is 0 Å². The summed E-state index contributed by atoms with van der Waals surface area (Å²) in [7, 11) is 0. The Hall–Kier alpha value is -2.02. The van der Waals surface area contributed by atoms with Crippen LogP contribution in [0.4, 0.5) is 8.78 Å². The fourth-order valence-corrected chi connectivity index (χ4v) is 2.06. The molecule has 1 aromatic heterocycles. The Morgan fingerprint density at radius 1 is 1.33 bits per heavy atom. The van der Waals surface area contributed by atoms with Crippen molar-refractivity contribution in [2.75, 3.05) is 6.54 Å². The monoisotopic (exact) mass is 296 g/mol. The van der Waals surface area contributed by atoms with Gasteiger partial charge in [-0.3, -0.25) is 4.68 Å². The molecule has 0 saturated carbocycles. The van der Waals surface area contributed by atoms with Gasteiger partial charge in [0.1, 0.15) is 5.75 Å². The smallest absolute Gasteiger partial charge is 0.387 e. The lowest BCUT2D eigenvalue weighted by Crippen LogP contribution is -2.22. The number of hydrogen-bond donors (Lipinski definition) is 1. The Bertz CT molecular complexity index is 534. The normalized spacial score (nSPS) is 12.6. The van der Waals surface area contributed by atoms with Crippen LogP contribution in [0.2, 0.25) is 0 Å². The van der Waals surface area contributed by atoms with E-state index in [4.69, 9.17) is 0 Å². The van der Waals surface area contributed by atoms with E-state index >= 15 is 0 Å². The van der Waals surface area contributed by atoms with Crippen molar-refractivity contribution in [1.82, 2.24) is 20.3 Å². The molecule has 1 N–H and O–H groups in total. The van der Waals surface area contributed by atoms with Crippen LogP contribution in [-0.4, -0.2) is 28.2 Å². The lowest BCUT2D eigenvalue weighted by atomic mass is 10.1. The van der Waals surface area contributed by atoms with Crippen molar-refractivity contribution in [3.8, 4) is 5.75 Å². The Labute approximate surface area is 121 Å². The zero-order chi connectivity index (χ0) is 15.1. The summed E-state index contributed by atoms with van der Waals surface area (Å²) in [4.78, 5) is 0. The first-order valence-electron chi connectivity index (χ1n) is 6.78. The highest BCUT2D eigenvalue weighted by Crippen LogP contribution is 2.26. The van der Waals surface area contributed by atoms with Crippen molar-refractivity contribution in [3.05, 3.63) is 42.2 Å². The zero-order valence-electron chi connectivity index (χ0n) is 11.7. The summed E-state index contributed by atoms with van der Waals surface area (Å²) in [5.74, 6) is 0.212. The second-order valence-corrected chi connectivity index (χ2v) is 4.61. The highest BCUT2D eigenvalue weighted by Gasteiger charge is 2.13. The minimum absolute atomic E-state index is 0.0734. The van der Waals surface area contributed by atoms with E-state index in [1.54, 1.807) is 41.3 Å². The second kappa shape index (κ2) is 7.68. The van der Waals surface area contributed by atoms with E-state index in [1.165, 1.54) is 0 Å². The molecule has 1 heterocycles. The van der Waals surface area contributed by atoms with Crippen LogP contribution in [0.3, 0.4) is 0 Å². The molecular weight excluding hydrogens is 278 g/mol. The molecule has 7 heteroatoms. The van der Waals surface area contributed by atoms with Crippen LogP contribution < -0.4 is 10.1 Å². The van der Waals surface area contributed by atoms with Crippen molar-refractivity contribution in [2.45, 2.75) is 32.5 Å². The molecule has 0 amide bonds. The first kappa shape index (κ1) is 15.4. The number of aromatic nitrogens is 3. The van der Waals surface area contributed by atoms with Crippen molar-refractivity contribution in [2.24, 2.45) is 0 Å². The topological polar surface area (TPSA) is 52.0 Å². The van der Waals surface area contributed by atoms with Crippen molar-refractivity contribution >= 4 is 0 Å². The molecule has 0 radical (unpaired) electrons. The van der Waals surface area contributed by atoms with Crippen LogP contribution in [0.5, 0.6) is 5.75 Å². The summed E-state index contributed by atoms with van der Waals surface area (Å²) in [6, 6.07) is 6.75. The maximum atomic E-state index is 12.4. The molecular formula is C14H18F2N4O. The molecule has 2 rings (SSSR count). The third-order valence-corrected chi connectivity index (χ3v) is 3.09. The van der Waals surface area contributed by atoms with Crippen LogP contribution in [0.15, 0.2) is 36.7 Å². The average molecular weight is 296 g/mol. The molecule has 0 spiro atoms. The van der Waals surface area contributed by atoms with Gasteiger partial charge in [-0.2, -0.15) is 8.78 Å². The Morgan fingerprint density at radius 2 is 2.14 bits per heavy atom. The summed E-state index contributed by atoms with van der Waals surface area (Å²) in [6.07, 6.45) is 4.30. The first-order chi connectivity index (χ1) is 10.2. The Balaban J connectivity index is 1.83. The number of aryl methyl sites for hydroxylation is 1. The maximum Gasteiger partial charge on any atom is 0.387 e. The van der Waals surface area contributed by atoms with Crippen LogP contribution in [0.25, 0.3) is 0 Å². The quantitative estimate of drug-likeness (QED) is 0.761. The molecule has 5 nitrogen and oxygen atoms in total. The number of nitrogens with zero attached hydrogens (tertiary/aromatic N) is 3. The number of hydrogen-bond acceptors (Lipinski definition) is 4. The van der Waals surface area contributed by atoms with Crippen molar-refractivity contribution in [1.29, 1.82) is 0 Å². The molecule has 1 unspecified atom stereocenters. The van der Waals surface area contributed by atoms with Crippen molar-refractivity contribution in [3.63, 3.8) is 0 Å². The number of ether oxygens (including phenoxy) is 1. The zero-order valence-corrected chi connectivity index (χ0v) is 11.7. The second-order valence-electron chi connectivity index (χ2n) is 4.61. The lowest BCUT2D eigenvalue weighted by molar-refractivity contribution is -0.0506. The van der Waals surface area contributed by atoms with Gasteiger partial charge >= 0.3 is 6.61 Å². The fourth-order valence-electron chi connectivity index (χ4n) is 2.06. The van der Waals surface area contributed by atoms with Gasteiger partial charge in [0.2, 0.25) is 0 Å². The summed E-state index contributed by atoms with van der Waals surface area (Å²) >= 11 is 0. The van der Waals surface area contributed by atoms with Crippen LogP contribution >= 0.6 is 0 Å².